The van der Waals surface area contributed by atoms with Crippen molar-refractivity contribution in [3.05, 3.63) is 35.4 Å². The summed E-state index contributed by atoms with van der Waals surface area (Å²) in [5.74, 6) is 0.153. The van der Waals surface area contributed by atoms with Gasteiger partial charge in [0.2, 0.25) is 5.91 Å². The smallest absolute Gasteiger partial charge is 0.293 e. The molecule has 1 aliphatic carbocycles. The quantitative estimate of drug-likeness (QED) is 0.773. The van der Waals surface area contributed by atoms with Crippen LogP contribution in [-0.4, -0.2) is 49.6 Å². The standard InChI is InChI=1S/C9H10.C7H14N2O.C5H10O2.C2H6/c1-2-5-9-7-3-6-8(9)4-1;1-8-7(10)6-4-3-5-9(6)2;1-5(2,3)7-4-6;1-2/h1-2,4-5H,3,6-7H2;6H,3-5H2,1-2H3,(H,8,10);4H,1-3H3;1-2H3. The van der Waals surface area contributed by atoms with E-state index < -0.39 is 0 Å². The molecule has 1 fully saturated rings. The molecule has 3 rings (SSSR count). The lowest BCUT2D eigenvalue weighted by Crippen LogP contribution is -2.39. The van der Waals surface area contributed by atoms with Crippen molar-refractivity contribution in [3.8, 4) is 0 Å². The first-order valence-electron chi connectivity index (χ1n) is 10.4. The molecule has 0 saturated carbocycles. The molecular formula is C23H40N2O3. The molecular weight excluding hydrogens is 352 g/mol. The number of nitrogens with one attached hydrogen (secondary N) is 1. The molecule has 28 heavy (non-hydrogen) atoms. The predicted octanol–water partition coefficient (Wildman–Crippen LogP) is 3.99. The van der Waals surface area contributed by atoms with Crippen molar-refractivity contribution < 1.29 is 14.3 Å². The van der Waals surface area contributed by atoms with Crippen LogP contribution in [-0.2, 0) is 27.2 Å². The van der Waals surface area contributed by atoms with E-state index in [2.05, 4.69) is 39.2 Å². The summed E-state index contributed by atoms with van der Waals surface area (Å²) in [5.41, 5.74) is 2.82. The lowest BCUT2D eigenvalue weighted by molar-refractivity contribution is -0.138. The van der Waals surface area contributed by atoms with E-state index in [1.807, 2.05) is 41.7 Å². The molecule has 0 aromatic heterocycles. The minimum absolute atomic E-state index is 0.130. The van der Waals surface area contributed by atoms with Gasteiger partial charge in [-0.2, -0.15) is 0 Å². The van der Waals surface area contributed by atoms with Crippen LogP contribution in [0.25, 0.3) is 0 Å². The molecule has 1 aromatic carbocycles. The summed E-state index contributed by atoms with van der Waals surface area (Å²) in [5, 5.41) is 2.66. The van der Waals surface area contributed by atoms with Crippen LogP contribution in [0.4, 0.5) is 0 Å². The number of likely N-dealkylation sites (tertiary alicyclic amines) is 1. The minimum Gasteiger partial charge on any atom is -0.462 e. The molecule has 160 valence electrons. The summed E-state index contributed by atoms with van der Waals surface area (Å²) in [7, 11) is 3.68. The highest BCUT2D eigenvalue weighted by atomic mass is 16.5. The third kappa shape index (κ3) is 10.5. The van der Waals surface area contributed by atoms with E-state index in [1.54, 1.807) is 18.2 Å². The van der Waals surface area contributed by atoms with Gasteiger partial charge in [-0.1, -0.05) is 38.1 Å². The molecule has 5 nitrogen and oxygen atoms in total. The van der Waals surface area contributed by atoms with Gasteiger partial charge in [0.1, 0.15) is 5.60 Å². The van der Waals surface area contributed by atoms with Crippen molar-refractivity contribution in [2.75, 3.05) is 20.6 Å². The van der Waals surface area contributed by atoms with E-state index >= 15 is 0 Å². The Morgan fingerprint density at radius 1 is 1.14 bits per heavy atom. The van der Waals surface area contributed by atoms with Crippen molar-refractivity contribution in [1.82, 2.24) is 10.2 Å². The number of benzene rings is 1. The first kappa shape index (κ1) is 26.1. The number of nitrogens with zero attached hydrogens (tertiary/aromatic N) is 1. The predicted molar refractivity (Wildman–Crippen MR) is 116 cm³/mol. The monoisotopic (exact) mass is 392 g/mol. The van der Waals surface area contributed by atoms with E-state index in [-0.39, 0.29) is 17.6 Å². The fourth-order valence-electron chi connectivity index (χ4n) is 3.07. The van der Waals surface area contributed by atoms with Crippen LogP contribution in [0.3, 0.4) is 0 Å². The average molecular weight is 393 g/mol. The van der Waals surface area contributed by atoms with Crippen molar-refractivity contribution >= 4 is 12.4 Å². The highest BCUT2D eigenvalue weighted by molar-refractivity contribution is 5.81. The number of carbonyl (C=O) groups excluding carboxylic acids is 2. The first-order chi connectivity index (χ1) is 13.3. The van der Waals surface area contributed by atoms with Crippen LogP contribution >= 0.6 is 0 Å². The third-order valence-corrected chi connectivity index (χ3v) is 4.48. The highest BCUT2D eigenvalue weighted by Crippen LogP contribution is 2.20. The first-order valence-corrected chi connectivity index (χ1v) is 10.4. The second kappa shape index (κ2) is 14.2. The lowest BCUT2D eigenvalue weighted by atomic mass is 10.1. The van der Waals surface area contributed by atoms with Crippen LogP contribution in [0.5, 0.6) is 0 Å². The Balaban J connectivity index is 0.000000380. The molecule has 1 N–H and O–H groups in total. The maximum atomic E-state index is 11.1. The van der Waals surface area contributed by atoms with Crippen LogP contribution in [0, 0.1) is 0 Å². The number of ether oxygens (including phenoxy) is 1. The van der Waals surface area contributed by atoms with Gasteiger partial charge >= 0.3 is 0 Å². The molecule has 1 aromatic rings. The molecule has 1 amide bonds. The number of likely N-dealkylation sites (N-methyl/N-ethyl adjacent to an activating group) is 2. The van der Waals surface area contributed by atoms with Crippen LogP contribution in [0.1, 0.15) is 65.0 Å². The van der Waals surface area contributed by atoms with E-state index in [1.165, 1.54) is 19.3 Å². The van der Waals surface area contributed by atoms with Crippen LogP contribution in [0.15, 0.2) is 24.3 Å². The molecule has 2 aliphatic rings. The largest absolute Gasteiger partial charge is 0.462 e. The molecule has 1 saturated heterocycles. The fourth-order valence-corrected chi connectivity index (χ4v) is 3.07. The number of rotatable bonds is 2. The van der Waals surface area contributed by atoms with Gasteiger partial charge in [0.25, 0.3) is 6.47 Å². The summed E-state index contributed by atoms with van der Waals surface area (Å²) in [6, 6.07) is 8.86. The van der Waals surface area contributed by atoms with Gasteiger partial charge in [0.15, 0.2) is 0 Å². The number of amides is 1. The minimum atomic E-state index is -0.318. The second-order valence-electron chi connectivity index (χ2n) is 7.70. The van der Waals surface area contributed by atoms with Crippen molar-refractivity contribution in [1.29, 1.82) is 0 Å². The van der Waals surface area contributed by atoms with Gasteiger partial charge in [-0.15, -0.1) is 0 Å². The molecule has 1 atom stereocenters. The van der Waals surface area contributed by atoms with E-state index in [9.17, 15) is 9.59 Å². The SMILES string of the molecule is CC.CC(C)(C)OC=O.CNC(=O)C1CCCN1C.c1ccc2c(c1)CCC2. The molecule has 1 unspecified atom stereocenters. The Labute approximate surface area is 171 Å². The van der Waals surface area contributed by atoms with E-state index in [0.29, 0.717) is 6.47 Å². The van der Waals surface area contributed by atoms with Gasteiger partial charge in [0, 0.05) is 7.05 Å². The molecule has 5 heteroatoms. The highest BCUT2D eigenvalue weighted by Gasteiger charge is 2.26. The molecule has 1 aliphatic heterocycles. The van der Waals surface area contributed by atoms with Crippen molar-refractivity contribution in [2.45, 2.75) is 78.4 Å². The van der Waals surface area contributed by atoms with Crippen LogP contribution < -0.4 is 5.32 Å². The molecule has 0 bridgehead atoms. The lowest BCUT2D eigenvalue weighted by Gasteiger charge is -2.16. The van der Waals surface area contributed by atoms with Gasteiger partial charge in [-0.3, -0.25) is 14.5 Å². The average Bonchev–Trinajstić information content (AvgIpc) is 3.31. The third-order valence-electron chi connectivity index (χ3n) is 4.48. The molecule has 1 heterocycles. The van der Waals surface area contributed by atoms with Gasteiger partial charge in [0.05, 0.1) is 6.04 Å². The Morgan fingerprint density at radius 3 is 2.00 bits per heavy atom. The Morgan fingerprint density at radius 2 is 1.68 bits per heavy atom. The van der Waals surface area contributed by atoms with Gasteiger partial charge < -0.3 is 10.1 Å². The summed E-state index contributed by atoms with van der Waals surface area (Å²) >= 11 is 0. The normalized spacial score (nSPS) is 17.5. The number of hydrogen-bond acceptors (Lipinski definition) is 4. The van der Waals surface area contributed by atoms with Crippen molar-refractivity contribution in [3.63, 3.8) is 0 Å². The molecule has 0 spiro atoms. The summed E-state index contributed by atoms with van der Waals surface area (Å²) in [6.45, 7) is 11.0. The number of aryl methyl sites for hydroxylation is 2. The maximum Gasteiger partial charge on any atom is 0.293 e. The van der Waals surface area contributed by atoms with Crippen molar-refractivity contribution in [2.24, 2.45) is 0 Å². The zero-order valence-corrected chi connectivity index (χ0v) is 18.9. The number of fused-ring (bicyclic) bond motifs is 1. The van der Waals surface area contributed by atoms with Crippen LogP contribution in [0.2, 0.25) is 0 Å². The van der Waals surface area contributed by atoms with Gasteiger partial charge in [-0.25, -0.2) is 0 Å². The fraction of sp³-hybridized carbons (Fsp3) is 0.652. The van der Waals surface area contributed by atoms with Gasteiger partial charge in [-0.05, 0) is 77.6 Å². The number of carbonyl (C=O) groups is 2. The summed E-state index contributed by atoms with van der Waals surface area (Å²) < 4.78 is 4.55. The Bertz CT molecular complexity index is 544. The topological polar surface area (TPSA) is 58.6 Å². The Hall–Kier alpha value is -1.88. The zero-order chi connectivity index (χ0) is 21.6. The zero-order valence-electron chi connectivity index (χ0n) is 18.9. The van der Waals surface area contributed by atoms with E-state index in [4.69, 9.17) is 0 Å². The number of hydrogen-bond donors (Lipinski definition) is 1. The maximum absolute atomic E-state index is 11.1. The summed E-state index contributed by atoms with van der Waals surface area (Å²) in [6.07, 6.45) is 6.12. The molecule has 0 radical (unpaired) electrons. The van der Waals surface area contributed by atoms with E-state index in [0.717, 1.165) is 19.4 Å². The summed E-state index contributed by atoms with van der Waals surface area (Å²) in [4.78, 5) is 22.8. The second-order valence-corrected chi connectivity index (χ2v) is 7.70. The Kier molecular flexibility index (Phi) is 13.2.